The first-order valence-electron chi connectivity index (χ1n) is 10.1. The molecule has 0 aliphatic carbocycles. The molecule has 4 rings (SSSR count). The van der Waals surface area contributed by atoms with Crippen molar-refractivity contribution in [2.45, 2.75) is 38.1 Å². The predicted octanol–water partition coefficient (Wildman–Crippen LogP) is 4.94. The summed E-state index contributed by atoms with van der Waals surface area (Å²) in [5, 5.41) is 8.55. The van der Waals surface area contributed by atoms with Gasteiger partial charge in [0.1, 0.15) is 5.82 Å². The van der Waals surface area contributed by atoms with E-state index in [9.17, 15) is 4.79 Å². The average Bonchev–Trinajstić information content (AvgIpc) is 3.12. The summed E-state index contributed by atoms with van der Waals surface area (Å²) in [5.74, 6) is 0.844. The van der Waals surface area contributed by atoms with E-state index in [1.165, 1.54) is 0 Å². The van der Waals surface area contributed by atoms with Crippen LogP contribution in [0.5, 0.6) is 0 Å². The van der Waals surface area contributed by atoms with E-state index in [0.717, 1.165) is 72.4 Å². The molecule has 1 unspecified atom stereocenters. The van der Waals surface area contributed by atoms with E-state index in [-0.39, 0.29) is 12.1 Å². The molecule has 7 nitrogen and oxygen atoms in total. The topological polar surface area (TPSA) is 88.5 Å². The third kappa shape index (κ3) is 4.39. The molecule has 0 spiro atoms. The van der Waals surface area contributed by atoms with Gasteiger partial charge in [-0.3, -0.25) is 0 Å². The van der Waals surface area contributed by atoms with E-state index in [1.54, 1.807) is 10.7 Å². The summed E-state index contributed by atoms with van der Waals surface area (Å²) in [6, 6.07) is 9.54. The van der Waals surface area contributed by atoms with Gasteiger partial charge in [0.25, 0.3) is 0 Å². The van der Waals surface area contributed by atoms with Crippen molar-refractivity contribution in [2.75, 3.05) is 18.4 Å². The number of fused-ring (bicyclic) bond motifs is 1. The molecular formula is C21H24BrClN6O. The van der Waals surface area contributed by atoms with Crippen LogP contribution in [0.1, 0.15) is 32.1 Å². The Morgan fingerprint density at radius 2 is 2.17 bits per heavy atom. The molecule has 3 N–H and O–H groups in total. The van der Waals surface area contributed by atoms with Crippen molar-refractivity contribution < 1.29 is 4.79 Å². The Kier molecular flexibility index (Phi) is 6.43. The van der Waals surface area contributed by atoms with Crippen molar-refractivity contribution in [1.29, 1.82) is 0 Å². The van der Waals surface area contributed by atoms with Crippen LogP contribution in [-0.4, -0.2) is 44.7 Å². The summed E-state index contributed by atoms with van der Waals surface area (Å²) >= 11 is 9.92. The SMILES string of the molecule is NC(=O)N1CCCCC1CCCNc1cc(-c2ccccc2Cl)nc2c(Br)cnn12. The van der Waals surface area contributed by atoms with Gasteiger partial charge in [-0.2, -0.15) is 9.61 Å². The van der Waals surface area contributed by atoms with Crippen LogP contribution in [0.25, 0.3) is 16.9 Å². The van der Waals surface area contributed by atoms with E-state index in [1.807, 2.05) is 35.2 Å². The van der Waals surface area contributed by atoms with Crippen molar-refractivity contribution in [2.24, 2.45) is 5.73 Å². The number of nitrogens with two attached hydrogens (primary N) is 1. The highest BCUT2D eigenvalue weighted by Crippen LogP contribution is 2.30. The van der Waals surface area contributed by atoms with Crippen LogP contribution in [0, 0.1) is 0 Å². The molecule has 1 aliphatic rings. The van der Waals surface area contributed by atoms with Gasteiger partial charge in [-0.05, 0) is 54.1 Å². The van der Waals surface area contributed by atoms with Crippen molar-refractivity contribution in [3.8, 4) is 11.3 Å². The van der Waals surface area contributed by atoms with Gasteiger partial charge in [-0.15, -0.1) is 0 Å². The van der Waals surface area contributed by atoms with Crippen LogP contribution in [0.3, 0.4) is 0 Å². The molecule has 1 aromatic carbocycles. The minimum Gasteiger partial charge on any atom is -0.370 e. The zero-order chi connectivity index (χ0) is 21.1. The van der Waals surface area contributed by atoms with Crippen molar-refractivity contribution in [1.82, 2.24) is 19.5 Å². The number of benzene rings is 1. The largest absolute Gasteiger partial charge is 0.370 e. The molecule has 1 atom stereocenters. The number of hydrogen-bond donors (Lipinski definition) is 2. The highest BCUT2D eigenvalue weighted by Gasteiger charge is 2.24. The zero-order valence-corrected chi connectivity index (χ0v) is 18.9. The number of piperidine rings is 1. The van der Waals surface area contributed by atoms with Gasteiger partial charge in [-0.1, -0.05) is 29.8 Å². The minimum absolute atomic E-state index is 0.230. The average molecular weight is 492 g/mol. The normalized spacial score (nSPS) is 16.7. The first-order valence-corrected chi connectivity index (χ1v) is 11.3. The van der Waals surface area contributed by atoms with Crippen molar-refractivity contribution in [3.05, 3.63) is 46.0 Å². The number of rotatable bonds is 6. The highest BCUT2D eigenvalue weighted by atomic mass is 79.9. The van der Waals surface area contributed by atoms with E-state index >= 15 is 0 Å². The quantitative estimate of drug-likeness (QED) is 0.478. The summed E-state index contributed by atoms with van der Waals surface area (Å²) in [5.41, 5.74) is 7.92. The predicted molar refractivity (Wildman–Crippen MR) is 123 cm³/mol. The second-order valence-corrected chi connectivity index (χ2v) is 8.75. The number of amides is 2. The molecule has 158 valence electrons. The van der Waals surface area contributed by atoms with Crippen LogP contribution in [0.15, 0.2) is 41.0 Å². The second-order valence-electron chi connectivity index (χ2n) is 7.48. The number of primary amides is 1. The maximum atomic E-state index is 11.7. The summed E-state index contributed by atoms with van der Waals surface area (Å²) in [7, 11) is 0. The third-order valence-electron chi connectivity index (χ3n) is 5.51. The third-order valence-corrected chi connectivity index (χ3v) is 6.40. The Balaban J connectivity index is 1.50. The number of aromatic nitrogens is 3. The van der Waals surface area contributed by atoms with Crippen LogP contribution < -0.4 is 11.1 Å². The van der Waals surface area contributed by atoms with Gasteiger partial charge in [0.05, 0.1) is 16.4 Å². The van der Waals surface area contributed by atoms with E-state index in [0.29, 0.717) is 5.02 Å². The van der Waals surface area contributed by atoms with Gasteiger partial charge in [0.15, 0.2) is 5.65 Å². The fourth-order valence-electron chi connectivity index (χ4n) is 4.01. The molecule has 0 radical (unpaired) electrons. The number of carbonyl (C=O) groups excluding carboxylic acids is 1. The van der Waals surface area contributed by atoms with Gasteiger partial charge in [0.2, 0.25) is 0 Å². The molecule has 9 heteroatoms. The number of nitrogens with zero attached hydrogens (tertiary/aromatic N) is 4. The van der Waals surface area contributed by atoms with Gasteiger partial charge < -0.3 is 16.0 Å². The number of urea groups is 1. The molecular weight excluding hydrogens is 468 g/mol. The molecule has 2 aromatic heterocycles. The van der Waals surface area contributed by atoms with Crippen molar-refractivity contribution in [3.63, 3.8) is 0 Å². The monoisotopic (exact) mass is 490 g/mol. The van der Waals surface area contributed by atoms with Gasteiger partial charge >= 0.3 is 6.03 Å². The Morgan fingerprint density at radius 1 is 1.33 bits per heavy atom. The molecule has 1 saturated heterocycles. The highest BCUT2D eigenvalue weighted by molar-refractivity contribution is 9.10. The minimum atomic E-state index is -0.311. The van der Waals surface area contributed by atoms with Crippen molar-refractivity contribution >= 4 is 45.0 Å². The first-order chi connectivity index (χ1) is 14.5. The Morgan fingerprint density at radius 3 is 2.97 bits per heavy atom. The zero-order valence-electron chi connectivity index (χ0n) is 16.5. The molecule has 2 amide bonds. The molecule has 3 heterocycles. The smallest absolute Gasteiger partial charge is 0.315 e. The lowest BCUT2D eigenvalue weighted by molar-refractivity contribution is 0.154. The number of nitrogens with one attached hydrogen (secondary N) is 1. The molecule has 1 aliphatic heterocycles. The number of carbonyl (C=O) groups is 1. The Bertz CT molecular complexity index is 1060. The lowest BCUT2D eigenvalue weighted by atomic mass is 9.98. The summed E-state index contributed by atoms with van der Waals surface area (Å²) in [6.45, 7) is 1.52. The standard InChI is InChI=1S/C21H24BrClN6O/c22-16-13-26-29-19(12-18(27-20(16)29)15-8-1-2-9-17(15)23)25-10-5-7-14-6-3-4-11-28(14)21(24)30/h1-2,8-9,12-14,25H,3-7,10-11H2,(H2,24,30). The Labute approximate surface area is 188 Å². The summed E-state index contributed by atoms with van der Waals surface area (Å²) in [6.07, 6.45) is 6.77. The second kappa shape index (κ2) is 9.22. The summed E-state index contributed by atoms with van der Waals surface area (Å²) in [4.78, 5) is 18.2. The van der Waals surface area contributed by atoms with E-state index in [4.69, 9.17) is 22.3 Å². The first kappa shape index (κ1) is 20.9. The van der Waals surface area contributed by atoms with E-state index in [2.05, 4.69) is 26.3 Å². The maximum Gasteiger partial charge on any atom is 0.315 e. The van der Waals surface area contributed by atoms with Gasteiger partial charge in [-0.25, -0.2) is 9.78 Å². The van der Waals surface area contributed by atoms with Crippen LogP contribution >= 0.6 is 27.5 Å². The van der Waals surface area contributed by atoms with Crippen LogP contribution in [0.4, 0.5) is 10.6 Å². The molecule has 0 bridgehead atoms. The number of halogens is 2. The number of hydrogen-bond acceptors (Lipinski definition) is 4. The van der Waals surface area contributed by atoms with Gasteiger partial charge in [0, 0.05) is 35.8 Å². The van der Waals surface area contributed by atoms with E-state index < -0.39 is 0 Å². The molecule has 3 aromatic rings. The number of anilines is 1. The van der Waals surface area contributed by atoms with Crippen LogP contribution in [-0.2, 0) is 0 Å². The lowest BCUT2D eigenvalue weighted by Gasteiger charge is -2.34. The molecule has 30 heavy (non-hydrogen) atoms. The molecule has 0 saturated carbocycles. The number of likely N-dealkylation sites (tertiary alicyclic amines) is 1. The fraction of sp³-hybridized carbons (Fsp3) is 0.381. The summed E-state index contributed by atoms with van der Waals surface area (Å²) < 4.78 is 2.60. The lowest BCUT2D eigenvalue weighted by Crippen LogP contribution is -2.46. The Hall–Kier alpha value is -2.32. The fourth-order valence-corrected chi connectivity index (χ4v) is 4.59. The maximum absolute atomic E-state index is 11.7. The van der Waals surface area contributed by atoms with Crippen LogP contribution in [0.2, 0.25) is 5.02 Å². The molecule has 1 fully saturated rings.